The van der Waals surface area contributed by atoms with E-state index in [1.165, 1.54) is 5.56 Å². The van der Waals surface area contributed by atoms with Crippen LogP contribution in [-0.4, -0.2) is 22.6 Å². The zero-order valence-corrected chi connectivity index (χ0v) is 15.4. The molecule has 1 amide bonds. The number of anilines is 1. The number of rotatable bonds is 4. The fourth-order valence-electron chi connectivity index (χ4n) is 3.35. The van der Waals surface area contributed by atoms with Crippen molar-refractivity contribution in [1.29, 1.82) is 0 Å². The standard InChI is InChI=1S/C21H21N3O3/c1-14-9-10-16-6-5-11-24(18(16)12-14)21(25)17-7-3-4-8-19(17)26-13-20-22-15(2)27-23-20/h3-4,7-10,12H,5-6,11,13H2,1-2H3. The van der Waals surface area contributed by atoms with Crippen molar-refractivity contribution in [2.45, 2.75) is 33.3 Å². The summed E-state index contributed by atoms with van der Waals surface area (Å²) in [5.41, 5.74) is 3.88. The molecular formula is C21H21N3O3. The molecule has 1 aromatic heterocycles. The summed E-state index contributed by atoms with van der Waals surface area (Å²) in [6.45, 7) is 4.62. The Hall–Kier alpha value is -3.15. The van der Waals surface area contributed by atoms with Crippen molar-refractivity contribution in [3.63, 3.8) is 0 Å². The first-order valence-corrected chi connectivity index (χ1v) is 9.04. The van der Waals surface area contributed by atoms with E-state index in [4.69, 9.17) is 9.26 Å². The molecule has 6 nitrogen and oxygen atoms in total. The van der Waals surface area contributed by atoms with Gasteiger partial charge in [0.2, 0.25) is 11.7 Å². The molecule has 1 aliphatic rings. The molecule has 3 aromatic rings. The lowest BCUT2D eigenvalue weighted by Crippen LogP contribution is -2.35. The fourth-order valence-corrected chi connectivity index (χ4v) is 3.35. The molecular weight excluding hydrogens is 342 g/mol. The number of carbonyl (C=O) groups is 1. The Kier molecular flexibility index (Phi) is 4.62. The zero-order valence-electron chi connectivity index (χ0n) is 15.4. The van der Waals surface area contributed by atoms with Crippen LogP contribution in [0.25, 0.3) is 0 Å². The third kappa shape index (κ3) is 3.56. The predicted molar refractivity (Wildman–Crippen MR) is 101 cm³/mol. The first-order chi connectivity index (χ1) is 13.1. The maximum atomic E-state index is 13.3. The van der Waals surface area contributed by atoms with Gasteiger partial charge in [0, 0.05) is 19.2 Å². The smallest absolute Gasteiger partial charge is 0.262 e. The molecule has 0 N–H and O–H groups in total. The van der Waals surface area contributed by atoms with Crippen LogP contribution >= 0.6 is 0 Å². The number of para-hydroxylation sites is 1. The van der Waals surface area contributed by atoms with Gasteiger partial charge in [-0.15, -0.1) is 0 Å². The van der Waals surface area contributed by atoms with E-state index in [-0.39, 0.29) is 12.5 Å². The summed E-state index contributed by atoms with van der Waals surface area (Å²) in [6.07, 6.45) is 1.95. The molecule has 4 rings (SSSR count). The molecule has 2 heterocycles. The molecule has 138 valence electrons. The van der Waals surface area contributed by atoms with Crippen LogP contribution in [0.15, 0.2) is 47.0 Å². The number of ether oxygens (including phenoxy) is 1. The molecule has 0 bridgehead atoms. The summed E-state index contributed by atoms with van der Waals surface area (Å²) >= 11 is 0. The van der Waals surface area contributed by atoms with Crippen LogP contribution < -0.4 is 9.64 Å². The van der Waals surface area contributed by atoms with Crippen LogP contribution in [0.1, 0.15) is 39.6 Å². The molecule has 2 aromatic carbocycles. The number of aromatic nitrogens is 2. The molecule has 6 heteroatoms. The second-order valence-electron chi connectivity index (χ2n) is 6.71. The van der Waals surface area contributed by atoms with Crippen LogP contribution in [0.2, 0.25) is 0 Å². The molecule has 0 radical (unpaired) electrons. The second-order valence-corrected chi connectivity index (χ2v) is 6.71. The number of benzene rings is 2. The van der Waals surface area contributed by atoms with E-state index in [0.717, 1.165) is 24.1 Å². The van der Waals surface area contributed by atoms with Crippen LogP contribution in [0, 0.1) is 13.8 Å². The highest BCUT2D eigenvalue weighted by Crippen LogP contribution is 2.31. The maximum absolute atomic E-state index is 13.3. The Bertz CT molecular complexity index is 980. The summed E-state index contributed by atoms with van der Waals surface area (Å²) in [5, 5.41) is 3.83. The first kappa shape index (κ1) is 17.3. The van der Waals surface area contributed by atoms with Crippen LogP contribution in [0.4, 0.5) is 5.69 Å². The average Bonchev–Trinajstić information content (AvgIpc) is 3.11. The van der Waals surface area contributed by atoms with Crippen molar-refractivity contribution in [3.8, 4) is 5.75 Å². The van der Waals surface area contributed by atoms with Gasteiger partial charge < -0.3 is 14.2 Å². The van der Waals surface area contributed by atoms with Gasteiger partial charge in [-0.1, -0.05) is 29.4 Å². The minimum Gasteiger partial charge on any atom is -0.485 e. The van der Waals surface area contributed by atoms with Gasteiger partial charge in [0.15, 0.2) is 6.61 Å². The fraction of sp³-hybridized carbons (Fsp3) is 0.286. The van der Waals surface area contributed by atoms with Crippen molar-refractivity contribution in [1.82, 2.24) is 10.1 Å². The Morgan fingerprint density at radius 3 is 2.89 bits per heavy atom. The van der Waals surface area contributed by atoms with E-state index < -0.39 is 0 Å². The highest BCUT2D eigenvalue weighted by molar-refractivity contribution is 6.08. The quantitative estimate of drug-likeness (QED) is 0.704. The van der Waals surface area contributed by atoms with Crippen LogP contribution in [-0.2, 0) is 13.0 Å². The summed E-state index contributed by atoms with van der Waals surface area (Å²) < 4.78 is 10.8. The first-order valence-electron chi connectivity index (χ1n) is 9.04. The summed E-state index contributed by atoms with van der Waals surface area (Å²) in [7, 11) is 0. The predicted octanol–water partition coefficient (Wildman–Crippen LogP) is 3.86. The third-order valence-corrected chi connectivity index (χ3v) is 4.65. The van der Waals surface area contributed by atoms with Crippen molar-refractivity contribution in [3.05, 3.63) is 70.9 Å². The van der Waals surface area contributed by atoms with E-state index >= 15 is 0 Å². The van der Waals surface area contributed by atoms with E-state index in [0.29, 0.717) is 29.6 Å². The van der Waals surface area contributed by atoms with E-state index in [2.05, 4.69) is 28.3 Å². The van der Waals surface area contributed by atoms with Gasteiger partial charge in [-0.2, -0.15) is 4.98 Å². The summed E-state index contributed by atoms with van der Waals surface area (Å²) in [5.74, 6) is 1.40. The monoisotopic (exact) mass is 363 g/mol. The average molecular weight is 363 g/mol. The van der Waals surface area contributed by atoms with Crippen molar-refractivity contribution in [2.75, 3.05) is 11.4 Å². The van der Waals surface area contributed by atoms with Crippen molar-refractivity contribution < 1.29 is 14.1 Å². The van der Waals surface area contributed by atoms with Gasteiger partial charge in [0.1, 0.15) is 5.75 Å². The number of hydrogen-bond acceptors (Lipinski definition) is 5. The van der Waals surface area contributed by atoms with Gasteiger partial charge in [-0.25, -0.2) is 0 Å². The SMILES string of the molecule is Cc1ccc2c(c1)N(C(=O)c1ccccc1OCc1noc(C)n1)CCC2. The highest BCUT2D eigenvalue weighted by Gasteiger charge is 2.25. The molecule has 0 saturated carbocycles. The summed E-state index contributed by atoms with van der Waals surface area (Å²) in [6, 6.07) is 13.6. The Labute approximate surface area is 157 Å². The van der Waals surface area contributed by atoms with E-state index in [1.807, 2.05) is 24.0 Å². The third-order valence-electron chi connectivity index (χ3n) is 4.65. The molecule has 1 aliphatic heterocycles. The second kappa shape index (κ2) is 7.23. The largest absolute Gasteiger partial charge is 0.485 e. The molecule has 27 heavy (non-hydrogen) atoms. The lowest BCUT2D eigenvalue weighted by Gasteiger charge is -2.30. The van der Waals surface area contributed by atoms with E-state index in [1.54, 1.807) is 19.1 Å². The number of amides is 1. The lowest BCUT2D eigenvalue weighted by atomic mass is 9.99. The number of nitrogens with zero attached hydrogens (tertiary/aromatic N) is 3. The number of fused-ring (bicyclic) bond motifs is 1. The van der Waals surface area contributed by atoms with Gasteiger partial charge in [0.05, 0.1) is 5.56 Å². The normalized spacial score (nSPS) is 13.3. The number of hydrogen-bond donors (Lipinski definition) is 0. The maximum Gasteiger partial charge on any atom is 0.262 e. The Balaban J connectivity index is 1.61. The van der Waals surface area contributed by atoms with Crippen molar-refractivity contribution >= 4 is 11.6 Å². The molecule has 0 aliphatic carbocycles. The topological polar surface area (TPSA) is 68.5 Å². The molecule has 0 saturated heterocycles. The van der Waals surface area contributed by atoms with Gasteiger partial charge >= 0.3 is 0 Å². The Morgan fingerprint density at radius 1 is 1.22 bits per heavy atom. The van der Waals surface area contributed by atoms with Gasteiger partial charge in [0.25, 0.3) is 5.91 Å². The summed E-state index contributed by atoms with van der Waals surface area (Å²) in [4.78, 5) is 19.3. The minimum atomic E-state index is -0.0542. The molecule has 0 atom stereocenters. The van der Waals surface area contributed by atoms with Crippen LogP contribution in [0.3, 0.4) is 0 Å². The minimum absolute atomic E-state index is 0.0542. The van der Waals surface area contributed by atoms with Gasteiger partial charge in [-0.3, -0.25) is 4.79 Å². The van der Waals surface area contributed by atoms with Crippen LogP contribution in [0.5, 0.6) is 5.75 Å². The molecule has 0 unspecified atom stereocenters. The highest BCUT2D eigenvalue weighted by atomic mass is 16.5. The zero-order chi connectivity index (χ0) is 18.8. The Morgan fingerprint density at radius 2 is 2.07 bits per heavy atom. The van der Waals surface area contributed by atoms with Crippen molar-refractivity contribution in [2.24, 2.45) is 0 Å². The number of carbonyl (C=O) groups excluding carboxylic acids is 1. The van der Waals surface area contributed by atoms with E-state index in [9.17, 15) is 4.79 Å². The molecule has 0 fully saturated rings. The number of aryl methyl sites for hydroxylation is 3. The van der Waals surface area contributed by atoms with Gasteiger partial charge in [-0.05, 0) is 49.1 Å². The lowest BCUT2D eigenvalue weighted by molar-refractivity contribution is 0.0980. The molecule has 0 spiro atoms.